The summed E-state index contributed by atoms with van der Waals surface area (Å²) in [4.78, 5) is 8.29. The Labute approximate surface area is 107 Å². The molecule has 0 atom stereocenters. The number of aryl methyl sites for hydroxylation is 2. The molecule has 1 aromatic carbocycles. The highest BCUT2D eigenvalue weighted by Gasteiger charge is 2.06. The second-order valence-corrected chi connectivity index (χ2v) is 4.43. The van der Waals surface area contributed by atoms with Gasteiger partial charge in [-0.1, -0.05) is 0 Å². The lowest BCUT2D eigenvalue weighted by atomic mass is 10.3. The Morgan fingerprint density at radius 1 is 1.18 bits per heavy atom. The zero-order valence-corrected chi connectivity index (χ0v) is 11.0. The van der Waals surface area contributed by atoms with E-state index in [0.29, 0.717) is 21.9 Å². The Bertz CT molecular complexity index is 540. The molecule has 0 spiro atoms. The molecule has 2 aromatic rings. The van der Waals surface area contributed by atoms with E-state index in [9.17, 15) is 4.39 Å². The molecular formula is C12H10BrFN2O. The molecule has 17 heavy (non-hydrogen) atoms. The van der Waals surface area contributed by atoms with E-state index in [0.717, 1.165) is 5.69 Å². The van der Waals surface area contributed by atoms with Gasteiger partial charge in [0.15, 0.2) is 0 Å². The van der Waals surface area contributed by atoms with Crippen molar-refractivity contribution >= 4 is 15.9 Å². The number of rotatable bonds is 2. The Kier molecular flexibility index (Phi) is 3.38. The fourth-order valence-corrected chi connectivity index (χ4v) is 1.84. The fourth-order valence-electron chi connectivity index (χ4n) is 1.41. The largest absolute Gasteiger partial charge is 0.438 e. The lowest BCUT2D eigenvalue weighted by Crippen LogP contribution is -1.95. The monoisotopic (exact) mass is 296 g/mol. The predicted molar refractivity (Wildman–Crippen MR) is 65.7 cm³/mol. The highest BCUT2D eigenvalue weighted by atomic mass is 79.9. The van der Waals surface area contributed by atoms with Gasteiger partial charge in [-0.15, -0.1) is 0 Å². The number of hydrogen-bond acceptors (Lipinski definition) is 3. The maximum atomic E-state index is 12.9. The molecule has 0 saturated carbocycles. The minimum atomic E-state index is -0.320. The molecule has 5 heteroatoms. The minimum Gasteiger partial charge on any atom is -0.438 e. The second-order valence-electron chi connectivity index (χ2n) is 3.57. The van der Waals surface area contributed by atoms with E-state index in [2.05, 4.69) is 25.9 Å². The van der Waals surface area contributed by atoms with Gasteiger partial charge in [0, 0.05) is 11.8 Å². The lowest BCUT2D eigenvalue weighted by Gasteiger charge is -2.07. The number of aromatic nitrogens is 2. The van der Waals surface area contributed by atoms with Gasteiger partial charge < -0.3 is 4.74 Å². The van der Waals surface area contributed by atoms with Gasteiger partial charge in [0.2, 0.25) is 5.88 Å². The van der Waals surface area contributed by atoms with Crippen molar-refractivity contribution in [3.05, 3.63) is 46.1 Å². The van der Waals surface area contributed by atoms with Gasteiger partial charge in [0.05, 0.1) is 4.47 Å². The summed E-state index contributed by atoms with van der Waals surface area (Å²) in [5.74, 6) is 1.28. The molecule has 0 aliphatic heterocycles. The molecule has 3 nitrogen and oxygen atoms in total. The van der Waals surface area contributed by atoms with Crippen molar-refractivity contribution in [2.75, 3.05) is 0 Å². The Hall–Kier alpha value is -1.49. The molecule has 88 valence electrons. The van der Waals surface area contributed by atoms with E-state index in [1.165, 1.54) is 12.1 Å². The number of halogens is 2. The Morgan fingerprint density at radius 2 is 1.94 bits per heavy atom. The minimum absolute atomic E-state index is 0.320. The van der Waals surface area contributed by atoms with Gasteiger partial charge >= 0.3 is 0 Å². The normalized spacial score (nSPS) is 10.4. The van der Waals surface area contributed by atoms with Crippen LogP contribution in [0.1, 0.15) is 11.5 Å². The number of hydrogen-bond donors (Lipinski definition) is 0. The van der Waals surface area contributed by atoms with Crippen molar-refractivity contribution < 1.29 is 9.13 Å². The molecule has 0 fully saturated rings. The van der Waals surface area contributed by atoms with E-state index in [1.54, 1.807) is 19.1 Å². The van der Waals surface area contributed by atoms with Crippen LogP contribution in [-0.2, 0) is 0 Å². The SMILES string of the molecule is Cc1cc(Oc2ccc(F)cc2Br)nc(C)n1. The highest BCUT2D eigenvalue weighted by molar-refractivity contribution is 9.10. The summed E-state index contributed by atoms with van der Waals surface area (Å²) in [7, 11) is 0. The first-order chi connectivity index (χ1) is 8.04. The lowest BCUT2D eigenvalue weighted by molar-refractivity contribution is 0.454. The third-order valence-electron chi connectivity index (χ3n) is 2.05. The smallest absolute Gasteiger partial charge is 0.222 e. The van der Waals surface area contributed by atoms with E-state index < -0.39 is 0 Å². The van der Waals surface area contributed by atoms with Crippen LogP contribution in [0.4, 0.5) is 4.39 Å². The molecule has 1 heterocycles. The predicted octanol–water partition coefficient (Wildman–Crippen LogP) is 3.79. The van der Waals surface area contributed by atoms with Crippen LogP contribution in [0, 0.1) is 19.7 Å². The molecule has 1 aromatic heterocycles. The van der Waals surface area contributed by atoms with Crippen molar-refractivity contribution in [2.24, 2.45) is 0 Å². The van der Waals surface area contributed by atoms with Gasteiger partial charge in [-0.05, 0) is 48.0 Å². The zero-order chi connectivity index (χ0) is 12.4. The van der Waals surface area contributed by atoms with Gasteiger partial charge in [-0.3, -0.25) is 0 Å². The van der Waals surface area contributed by atoms with Crippen LogP contribution in [0.25, 0.3) is 0 Å². The van der Waals surface area contributed by atoms with Gasteiger partial charge in [-0.2, -0.15) is 4.98 Å². The molecule has 0 amide bonds. The number of ether oxygens (including phenoxy) is 1. The fraction of sp³-hybridized carbons (Fsp3) is 0.167. The molecule has 0 aliphatic rings. The number of benzene rings is 1. The average molecular weight is 297 g/mol. The first kappa shape index (κ1) is 12.0. The van der Waals surface area contributed by atoms with Gasteiger partial charge in [-0.25, -0.2) is 9.37 Å². The summed E-state index contributed by atoms with van der Waals surface area (Å²) in [5.41, 5.74) is 0.825. The molecular weight excluding hydrogens is 287 g/mol. The third kappa shape index (κ3) is 3.00. The van der Waals surface area contributed by atoms with Crippen LogP contribution >= 0.6 is 15.9 Å². The van der Waals surface area contributed by atoms with Crippen molar-refractivity contribution in [3.63, 3.8) is 0 Å². The third-order valence-corrected chi connectivity index (χ3v) is 2.67. The van der Waals surface area contributed by atoms with Crippen molar-refractivity contribution in [1.29, 1.82) is 0 Å². The molecule has 2 rings (SSSR count). The molecule has 0 radical (unpaired) electrons. The molecule has 0 saturated heterocycles. The maximum Gasteiger partial charge on any atom is 0.222 e. The summed E-state index contributed by atoms with van der Waals surface area (Å²) in [6, 6.07) is 5.95. The van der Waals surface area contributed by atoms with Crippen LogP contribution < -0.4 is 4.74 Å². The van der Waals surface area contributed by atoms with E-state index >= 15 is 0 Å². The van der Waals surface area contributed by atoms with Crippen LogP contribution in [0.5, 0.6) is 11.6 Å². The second kappa shape index (κ2) is 4.79. The summed E-state index contributed by atoms with van der Waals surface area (Å²) < 4.78 is 19.0. The quantitative estimate of drug-likeness (QED) is 0.846. The van der Waals surface area contributed by atoms with Crippen LogP contribution in [0.2, 0.25) is 0 Å². The first-order valence-electron chi connectivity index (χ1n) is 5.00. The van der Waals surface area contributed by atoms with Crippen molar-refractivity contribution in [1.82, 2.24) is 9.97 Å². The van der Waals surface area contributed by atoms with Gasteiger partial charge in [0.25, 0.3) is 0 Å². The van der Waals surface area contributed by atoms with Crippen LogP contribution in [0.3, 0.4) is 0 Å². The molecule has 0 unspecified atom stereocenters. The average Bonchev–Trinajstić information content (AvgIpc) is 2.21. The van der Waals surface area contributed by atoms with Crippen LogP contribution in [-0.4, -0.2) is 9.97 Å². The van der Waals surface area contributed by atoms with Crippen molar-refractivity contribution in [3.8, 4) is 11.6 Å². The van der Waals surface area contributed by atoms with Crippen molar-refractivity contribution in [2.45, 2.75) is 13.8 Å². The zero-order valence-electron chi connectivity index (χ0n) is 9.37. The summed E-state index contributed by atoms with van der Waals surface area (Å²) in [5, 5.41) is 0. The topological polar surface area (TPSA) is 35.0 Å². The molecule has 0 N–H and O–H groups in total. The summed E-state index contributed by atoms with van der Waals surface area (Å²) in [6.07, 6.45) is 0. The summed E-state index contributed by atoms with van der Waals surface area (Å²) in [6.45, 7) is 3.65. The molecule has 0 bridgehead atoms. The van der Waals surface area contributed by atoms with Crippen LogP contribution in [0.15, 0.2) is 28.7 Å². The highest BCUT2D eigenvalue weighted by Crippen LogP contribution is 2.29. The Balaban J connectivity index is 2.31. The van der Waals surface area contributed by atoms with E-state index in [-0.39, 0.29) is 5.82 Å². The van der Waals surface area contributed by atoms with E-state index in [4.69, 9.17) is 4.74 Å². The number of nitrogens with zero attached hydrogens (tertiary/aromatic N) is 2. The standard InChI is InChI=1S/C12H10BrFN2O/c1-7-5-12(16-8(2)15-7)17-11-4-3-9(14)6-10(11)13/h3-6H,1-2H3. The Morgan fingerprint density at radius 3 is 2.59 bits per heavy atom. The molecule has 0 aliphatic carbocycles. The van der Waals surface area contributed by atoms with Gasteiger partial charge in [0.1, 0.15) is 17.4 Å². The van der Waals surface area contributed by atoms with E-state index in [1.807, 2.05) is 6.92 Å². The maximum absolute atomic E-state index is 12.9. The summed E-state index contributed by atoms with van der Waals surface area (Å²) >= 11 is 3.23. The first-order valence-corrected chi connectivity index (χ1v) is 5.79.